The molecule has 0 radical (unpaired) electrons. The second-order valence-corrected chi connectivity index (χ2v) is 7.51. The summed E-state index contributed by atoms with van der Waals surface area (Å²) in [6.07, 6.45) is 1.79. The summed E-state index contributed by atoms with van der Waals surface area (Å²) in [6.45, 7) is 0.555. The largest absolute Gasteiger partial charge is 0.494 e. The van der Waals surface area contributed by atoms with Gasteiger partial charge in [-0.1, -0.05) is 36.4 Å². The summed E-state index contributed by atoms with van der Waals surface area (Å²) >= 11 is 0. The highest BCUT2D eigenvalue weighted by Gasteiger charge is 2.16. The van der Waals surface area contributed by atoms with Crippen molar-refractivity contribution in [2.24, 2.45) is 0 Å². The van der Waals surface area contributed by atoms with Gasteiger partial charge in [-0.05, 0) is 54.8 Å². The summed E-state index contributed by atoms with van der Waals surface area (Å²) in [6, 6.07) is 22.5. The quantitative estimate of drug-likeness (QED) is 0.207. The van der Waals surface area contributed by atoms with E-state index in [0.717, 1.165) is 18.9 Å². The zero-order valence-corrected chi connectivity index (χ0v) is 18.1. The first-order chi connectivity index (χ1) is 16.5. The van der Waals surface area contributed by atoms with Crippen LogP contribution in [0.3, 0.4) is 0 Å². The molecule has 8 heteroatoms. The molecule has 0 unspecified atom stereocenters. The molecule has 0 aliphatic heterocycles. The van der Waals surface area contributed by atoms with Gasteiger partial charge in [-0.15, -0.1) is 0 Å². The highest BCUT2D eigenvalue weighted by Crippen LogP contribution is 2.23. The van der Waals surface area contributed by atoms with Crippen molar-refractivity contribution in [3.05, 3.63) is 106 Å². The molecule has 1 heterocycles. The monoisotopic (exact) mass is 458 g/mol. The van der Waals surface area contributed by atoms with Crippen molar-refractivity contribution in [3.8, 4) is 5.75 Å². The Morgan fingerprint density at radius 2 is 1.68 bits per heavy atom. The van der Waals surface area contributed by atoms with Gasteiger partial charge >= 0.3 is 5.91 Å². The van der Waals surface area contributed by atoms with E-state index in [9.17, 15) is 14.4 Å². The van der Waals surface area contributed by atoms with Gasteiger partial charge in [-0.3, -0.25) is 19.6 Å². The van der Waals surface area contributed by atoms with Crippen LogP contribution in [-0.2, 0) is 6.42 Å². The molecule has 34 heavy (non-hydrogen) atoms. The summed E-state index contributed by atoms with van der Waals surface area (Å²) < 4.78 is 11.2. The fourth-order valence-electron chi connectivity index (χ4n) is 3.45. The van der Waals surface area contributed by atoms with E-state index >= 15 is 0 Å². The number of anilines is 1. The van der Waals surface area contributed by atoms with E-state index in [1.807, 2.05) is 18.2 Å². The number of carbonyl (C=O) groups excluding carboxylic acids is 2. The third-order valence-electron chi connectivity index (χ3n) is 5.17. The molecule has 2 amide bonds. The van der Waals surface area contributed by atoms with Gasteiger partial charge in [-0.25, -0.2) is 5.48 Å². The first-order valence-corrected chi connectivity index (χ1v) is 10.6. The number of hydroxylamine groups is 1. The second kappa shape index (κ2) is 10.5. The van der Waals surface area contributed by atoms with E-state index in [1.54, 1.807) is 36.4 Å². The molecule has 4 rings (SSSR count). The lowest BCUT2D eigenvalue weighted by Crippen LogP contribution is -2.20. The Bertz CT molecular complexity index is 1360. The first kappa shape index (κ1) is 22.8. The van der Waals surface area contributed by atoms with E-state index in [-0.39, 0.29) is 22.4 Å². The minimum atomic E-state index is -0.973. The number of rotatable bonds is 8. The Kier molecular flexibility index (Phi) is 7.00. The van der Waals surface area contributed by atoms with Crippen molar-refractivity contribution in [3.63, 3.8) is 0 Å². The predicted molar refractivity (Wildman–Crippen MR) is 126 cm³/mol. The molecule has 0 aliphatic rings. The maximum Gasteiger partial charge on any atom is 0.310 e. The van der Waals surface area contributed by atoms with Crippen molar-refractivity contribution in [1.29, 1.82) is 0 Å². The van der Waals surface area contributed by atoms with Gasteiger partial charge in [0.05, 0.1) is 17.7 Å². The molecule has 1 aromatic heterocycles. The molecular formula is C26H22N2O6. The van der Waals surface area contributed by atoms with Crippen LogP contribution in [0.1, 0.15) is 32.9 Å². The van der Waals surface area contributed by atoms with Gasteiger partial charge in [0, 0.05) is 11.6 Å². The molecule has 3 N–H and O–H groups in total. The molecule has 172 valence electrons. The molecule has 0 saturated carbocycles. The lowest BCUT2D eigenvalue weighted by molar-refractivity contribution is 0.0676. The standard InChI is InChI=1S/C26H22N2O6/c29-22-16-23(26(31)28-32)34-24-20(22)9-4-10-21(24)27-25(30)18-11-13-19(14-12-18)33-15-5-8-17-6-2-1-3-7-17/h1-4,6-7,9-14,16,32H,5,8,15H2,(H,27,30)(H,28,31). The maximum atomic E-state index is 12.8. The number of para-hydroxylation sites is 1. The smallest absolute Gasteiger partial charge is 0.310 e. The van der Waals surface area contributed by atoms with E-state index in [4.69, 9.17) is 14.4 Å². The minimum absolute atomic E-state index is 0.0281. The molecule has 0 bridgehead atoms. The Hall–Kier alpha value is -4.43. The molecule has 0 aliphatic carbocycles. The number of fused-ring (bicyclic) bond motifs is 1. The number of hydrogen-bond acceptors (Lipinski definition) is 6. The van der Waals surface area contributed by atoms with Crippen molar-refractivity contribution in [2.75, 3.05) is 11.9 Å². The fraction of sp³-hybridized carbons (Fsp3) is 0.115. The van der Waals surface area contributed by atoms with Crippen molar-refractivity contribution < 1.29 is 24.0 Å². The minimum Gasteiger partial charge on any atom is -0.494 e. The van der Waals surface area contributed by atoms with Crippen LogP contribution in [0.25, 0.3) is 11.0 Å². The molecular weight excluding hydrogens is 436 g/mol. The van der Waals surface area contributed by atoms with Gasteiger partial charge < -0.3 is 14.5 Å². The topological polar surface area (TPSA) is 118 Å². The molecule has 8 nitrogen and oxygen atoms in total. The van der Waals surface area contributed by atoms with E-state index < -0.39 is 17.2 Å². The van der Waals surface area contributed by atoms with E-state index in [2.05, 4.69) is 17.4 Å². The number of nitrogens with one attached hydrogen (secondary N) is 2. The van der Waals surface area contributed by atoms with Crippen LogP contribution in [0.15, 0.2) is 88.1 Å². The zero-order chi connectivity index (χ0) is 23.9. The number of carbonyl (C=O) groups is 2. The average molecular weight is 458 g/mol. The van der Waals surface area contributed by atoms with Gasteiger partial charge in [-0.2, -0.15) is 0 Å². The predicted octanol–water partition coefficient (Wildman–Crippen LogP) is 4.18. The Morgan fingerprint density at radius 3 is 2.41 bits per heavy atom. The summed E-state index contributed by atoms with van der Waals surface area (Å²) in [4.78, 5) is 36.7. The highest BCUT2D eigenvalue weighted by atomic mass is 16.5. The summed E-state index contributed by atoms with van der Waals surface area (Å²) in [7, 11) is 0. The maximum absolute atomic E-state index is 12.8. The number of ether oxygens (including phenoxy) is 1. The van der Waals surface area contributed by atoms with E-state index in [0.29, 0.717) is 17.9 Å². The summed E-state index contributed by atoms with van der Waals surface area (Å²) in [5, 5.41) is 11.7. The molecule has 0 spiro atoms. The van der Waals surface area contributed by atoms with Crippen LogP contribution < -0.4 is 21.0 Å². The third-order valence-corrected chi connectivity index (χ3v) is 5.17. The van der Waals surface area contributed by atoms with Crippen LogP contribution >= 0.6 is 0 Å². The number of hydrogen-bond donors (Lipinski definition) is 3. The molecule has 0 fully saturated rings. The van der Waals surface area contributed by atoms with Crippen LogP contribution in [0.5, 0.6) is 5.75 Å². The van der Waals surface area contributed by atoms with Gasteiger partial charge in [0.15, 0.2) is 16.8 Å². The Labute approximate surface area is 194 Å². The number of benzene rings is 3. The average Bonchev–Trinajstić information content (AvgIpc) is 2.87. The van der Waals surface area contributed by atoms with Crippen LogP contribution in [0.4, 0.5) is 5.69 Å². The zero-order valence-electron chi connectivity index (χ0n) is 18.1. The van der Waals surface area contributed by atoms with Crippen molar-refractivity contribution in [1.82, 2.24) is 5.48 Å². The van der Waals surface area contributed by atoms with Crippen LogP contribution in [-0.4, -0.2) is 23.6 Å². The normalized spacial score (nSPS) is 10.6. The number of aryl methyl sites for hydroxylation is 1. The van der Waals surface area contributed by atoms with Gasteiger partial charge in [0.1, 0.15) is 5.75 Å². The van der Waals surface area contributed by atoms with Crippen LogP contribution in [0.2, 0.25) is 0 Å². The summed E-state index contributed by atoms with van der Waals surface area (Å²) in [5.41, 5.74) is 2.81. The van der Waals surface area contributed by atoms with Crippen molar-refractivity contribution in [2.45, 2.75) is 12.8 Å². The van der Waals surface area contributed by atoms with Crippen LogP contribution in [0, 0.1) is 0 Å². The van der Waals surface area contributed by atoms with Crippen molar-refractivity contribution >= 4 is 28.5 Å². The molecule has 4 aromatic rings. The fourth-order valence-corrected chi connectivity index (χ4v) is 3.45. The molecule has 0 atom stereocenters. The molecule has 3 aromatic carbocycles. The van der Waals surface area contributed by atoms with E-state index in [1.165, 1.54) is 17.1 Å². The lowest BCUT2D eigenvalue weighted by atomic mass is 10.1. The number of amides is 2. The SMILES string of the molecule is O=C(Nc1cccc2c(=O)cc(C(=O)NO)oc12)c1ccc(OCCCc2ccccc2)cc1. The third kappa shape index (κ3) is 5.31. The van der Waals surface area contributed by atoms with Gasteiger partial charge in [0.25, 0.3) is 5.91 Å². The summed E-state index contributed by atoms with van der Waals surface area (Å²) in [5.74, 6) is -1.13. The Balaban J connectivity index is 1.42. The van der Waals surface area contributed by atoms with Gasteiger partial charge in [0.2, 0.25) is 0 Å². The second-order valence-electron chi connectivity index (χ2n) is 7.51. The molecule has 0 saturated heterocycles. The lowest BCUT2D eigenvalue weighted by Gasteiger charge is -2.10. The highest BCUT2D eigenvalue weighted by molar-refractivity contribution is 6.08. The first-order valence-electron chi connectivity index (χ1n) is 10.6. The Morgan fingerprint density at radius 1 is 0.912 bits per heavy atom.